The summed E-state index contributed by atoms with van der Waals surface area (Å²) in [5.41, 5.74) is 1.34. The molecule has 1 fully saturated rings. The highest BCUT2D eigenvalue weighted by molar-refractivity contribution is 5.76. The van der Waals surface area contributed by atoms with Gasteiger partial charge in [-0.05, 0) is 30.7 Å². The predicted molar refractivity (Wildman–Crippen MR) is 80.3 cm³/mol. The molecule has 20 heavy (non-hydrogen) atoms. The van der Waals surface area contributed by atoms with E-state index >= 15 is 0 Å². The van der Waals surface area contributed by atoms with Gasteiger partial charge in [0, 0.05) is 32.0 Å². The van der Waals surface area contributed by atoms with Crippen LogP contribution >= 0.6 is 0 Å². The Morgan fingerprint density at radius 3 is 2.80 bits per heavy atom. The number of aliphatic hydroxyl groups is 1. The number of hydrogen-bond acceptors (Lipinski definition) is 2. The lowest BCUT2D eigenvalue weighted by atomic mass is 9.98. The fourth-order valence-electron chi connectivity index (χ4n) is 2.80. The molecule has 1 aliphatic rings. The molecule has 1 heterocycles. The van der Waals surface area contributed by atoms with Crippen LogP contribution in [0.2, 0.25) is 0 Å². The Kier molecular flexibility index (Phi) is 5.60. The normalized spacial score (nSPS) is 20.1. The average Bonchev–Trinajstić information content (AvgIpc) is 2.95. The van der Waals surface area contributed by atoms with E-state index in [4.69, 9.17) is 5.11 Å². The van der Waals surface area contributed by atoms with E-state index in [0.29, 0.717) is 18.3 Å². The van der Waals surface area contributed by atoms with Gasteiger partial charge in [0.1, 0.15) is 0 Å². The first kappa shape index (κ1) is 15.0. The molecule has 0 aliphatic carbocycles. The van der Waals surface area contributed by atoms with Crippen LogP contribution in [0.15, 0.2) is 30.3 Å². The van der Waals surface area contributed by atoms with E-state index in [1.54, 1.807) is 0 Å². The molecular weight excluding hydrogens is 250 g/mol. The number of likely N-dealkylation sites (tertiary alicyclic amines) is 1. The number of rotatable bonds is 6. The number of benzene rings is 1. The Hall–Kier alpha value is -1.35. The zero-order chi connectivity index (χ0) is 14.4. The molecule has 0 aromatic heterocycles. The van der Waals surface area contributed by atoms with E-state index in [9.17, 15) is 4.79 Å². The Morgan fingerprint density at radius 1 is 1.40 bits per heavy atom. The van der Waals surface area contributed by atoms with Crippen molar-refractivity contribution in [3.05, 3.63) is 35.9 Å². The summed E-state index contributed by atoms with van der Waals surface area (Å²) in [7, 11) is 0. The summed E-state index contributed by atoms with van der Waals surface area (Å²) in [5.74, 6) is 0.955. The molecule has 2 unspecified atom stereocenters. The number of amides is 1. The third-order valence-electron chi connectivity index (χ3n) is 4.19. The fourth-order valence-corrected chi connectivity index (χ4v) is 2.80. The van der Waals surface area contributed by atoms with Crippen LogP contribution in [0.1, 0.15) is 31.7 Å². The SMILES string of the molecule is CC(CCc1ccccc1)CC(=O)N1CCC(CO)C1. The van der Waals surface area contributed by atoms with Crippen molar-refractivity contribution in [3.63, 3.8) is 0 Å². The van der Waals surface area contributed by atoms with Gasteiger partial charge in [0.2, 0.25) is 5.91 Å². The molecule has 2 rings (SSSR count). The molecule has 3 nitrogen and oxygen atoms in total. The third-order valence-corrected chi connectivity index (χ3v) is 4.19. The molecule has 0 saturated carbocycles. The van der Waals surface area contributed by atoms with Gasteiger partial charge in [-0.1, -0.05) is 37.3 Å². The summed E-state index contributed by atoms with van der Waals surface area (Å²) >= 11 is 0. The van der Waals surface area contributed by atoms with Crippen LogP contribution in [0.25, 0.3) is 0 Å². The van der Waals surface area contributed by atoms with Gasteiger partial charge in [0.05, 0.1) is 0 Å². The molecular formula is C17H25NO2. The van der Waals surface area contributed by atoms with E-state index in [1.165, 1.54) is 5.56 Å². The molecule has 0 bridgehead atoms. The van der Waals surface area contributed by atoms with Crippen molar-refractivity contribution < 1.29 is 9.90 Å². The maximum absolute atomic E-state index is 12.2. The number of carbonyl (C=O) groups excluding carboxylic acids is 1. The van der Waals surface area contributed by atoms with E-state index < -0.39 is 0 Å². The average molecular weight is 275 g/mol. The van der Waals surface area contributed by atoms with Gasteiger partial charge in [0.25, 0.3) is 0 Å². The number of hydrogen-bond donors (Lipinski definition) is 1. The van der Waals surface area contributed by atoms with Gasteiger partial charge < -0.3 is 10.0 Å². The van der Waals surface area contributed by atoms with Crippen LogP contribution in [0.4, 0.5) is 0 Å². The van der Waals surface area contributed by atoms with Crippen molar-refractivity contribution in [1.29, 1.82) is 0 Å². The number of nitrogens with zero attached hydrogens (tertiary/aromatic N) is 1. The Labute approximate surface area is 121 Å². The van der Waals surface area contributed by atoms with Gasteiger partial charge in [-0.15, -0.1) is 0 Å². The highest BCUT2D eigenvalue weighted by Crippen LogP contribution is 2.19. The molecule has 1 N–H and O–H groups in total. The van der Waals surface area contributed by atoms with Gasteiger partial charge in [-0.3, -0.25) is 4.79 Å². The van der Waals surface area contributed by atoms with Crippen LogP contribution in [0.3, 0.4) is 0 Å². The molecule has 1 amide bonds. The number of aryl methyl sites for hydroxylation is 1. The maximum Gasteiger partial charge on any atom is 0.222 e. The van der Waals surface area contributed by atoms with Crippen molar-refractivity contribution in [2.75, 3.05) is 19.7 Å². The van der Waals surface area contributed by atoms with Crippen molar-refractivity contribution in [1.82, 2.24) is 4.90 Å². The minimum atomic E-state index is 0.202. The molecule has 1 saturated heterocycles. The fraction of sp³-hybridized carbons (Fsp3) is 0.588. The first-order chi connectivity index (χ1) is 9.69. The Morgan fingerprint density at radius 2 is 2.15 bits per heavy atom. The summed E-state index contributed by atoms with van der Waals surface area (Å²) in [5, 5.41) is 9.12. The molecule has 0 spiro atoms. The minimum absolute atomic E-state index is 0.202. The lowest BCUT2D eigenvalue weighted by Crippen LogP contribution is -2.30. The molecule has 110 valence electrons. The molecule has 1 aliphatic heterocycles. The summed E-state index contributed by atoms with van der Waals surface area (Å²) in [6.07, 6.45) is 3.66. The van der Waals surface area contributed by atoms with Crippen LogP contribution in [-0.4, -0.2) is 35.6 Å². The lowest BCUT2D eigenvalue weighted by Gasteiger charge is -2.19. The first-order valence-corrected chi connectivity index (χ1v) is 7.61. The third kappa shape index (κ3) is 4.34. The first-order valence-electron chi connectivity index (χ1n) is 7.61. The van der Waals surface area contributed by atoms with Crippen LogP contribution in [0, 0.1) is 11.8 Å². The topological polar surface area (TPSA) is 40.5 Å². The predicted octanol–water partition coefficient (Wildman–Crippen LogP) is 2.49. The summed E-state index contributed by atoms with van der Waals surface area (Å²) < 4.78 is 0. The zero-order valence-electron chi connectivity index (χ0n) is 12.3. The molecule has 3 heteroatoms. The van der Waals surface area contributed by atoms with E-state index in [-0.39, 0.29) is 12.5 Å². The van der Waals surface area contributed by atoms with Crippen molar-refractivity contribution >= 4 is 5.91 Å². The smallest absolute Gasteiger partial charge is 0.222 e. The van der Waals surface area contributed by atoms with Gasteiger partial charge in [-0.2, -0.15) is 0 Å². The lowest BCUT2D eigenvalue weighted by molar-refractivity contribution is -0.131. The van der Waals surface area contributed by atoms with Crippen LogP contribution in [0.5, 0.6) is 0 Å². The highest BCUT2D eigenvalue weighted by atomic mass is 16.3. The van der Waals surface area contributed by atoms with E-state index in [1.807, 2.05) is 11.0 Å². The molecule has 1 aromatic carbocycles. The Balaban J connectivity index is 1.71. The second kappa shape index (κ2) is 7.44. The van der Waals surface area contributed by atoms with Gasteiger partial charge >= 0.3 is 0 Å². The molecule has 2 atom stereocenters. The summed E-state index contributed by atoms with van der Waals surface area (Å²) in [6.45, 7) is 3.91. The van der Waals surface area contributed by atoms with E-state index in [2.05, 4.69) is 31.2 Å². The number of carbonyl (C=O) groups is 1. The second-order valence-electron chi connectivity index (χ2n) is 6.01. The molecule has 1 aromatic rings. The van der Waals surface area contributed by atoms with Crippen LogP contribution < -0.4 is 0 Å². The van der Waals surface area contributed by atoms with Crippen molar-refractivity contribution in [2.45, 2.75) is 32.6 Å². The minimum Gasteiger partial charge on any atom is -0.396 e. The van der Waals surface area contributed by atoms with E-state index in [0.717, 1.165) is 32.4 Å². The zero-order valence-corrected chi connectivity index (χ0v) is 12.3. The maximum atomic E-state index is 12.2. The summed E-state index contributed by atoms with van der Waals surface area (Å²) in [6, 6.07) is 10.4. The quantitative estimate of drug-likeness (QED) is 0.866. The second-order valence-corrected chi connectivity index (χ2v) is 6.01. The largest absolute Gasteiger partial charge is 0.396 e. The Bertz CT molecular complexity index is 418. The van der Waals surface area contributed by atoms with Crippen molar-refractivity contribution in [3.8, 4) is 0 Å². The van der Waals surface area contributed by atoms with Gasteiger partial charge in [0.15, 0.2) is 0 Å². The van der Waals surface area contributed by atoms with Gasteiger partial charge in [-0.25, -0.2) is 0 Å². The monoisotopic (exact) mass is 275 g/mol. The standard InChI is InChI=1S/C17H25NO2/c1-14(7-8-15-5-3-2-4-6-15)11-17(20)18-10-9-16(12-18)13-19/h2-6,14,16,19H,7-13H2,1H3. The molecule has 0 radical (unpaired) electrons. The van der Waals surface area contributed by atoms with Crippen LogP contribution in [-0.2, 0) is 11.2 Å². The number of aliphatic hydroxyl groups excluding tert-OH is 1. The van der Waals surface area contributed by atoms with Crippen molar-refractivity contribution in [2.24, 2.45) is 11.8 Å². The highest BCUT2D eigenvalue weighted by Gasteiger charge is 2.26. The summed E-state index contributed by atoms with van der Waals surface area (Å²) in [4.78, 5) is 14.1.